The van der Waals surface area contributed by atoms with Crippen LogP contribution in [-0.4, -0.2) is 24.7 Å². The maximum absolute atomic E-state index is 12.6. The zero-order valence-electron chi connectivity index (χ0n) is 14.4. The summed E-state index contributed by atoms with van der Waals surface area (Å²) < 4.78 is 43.3. The predicted octanol–water partition coefficient (Wildman–Crippen LogP) is 4.86. The normalized spacial score (nSPS) is 16.9. The van der Waals surface area contributed by atoms with Gasteiger partial charge in [-0.2, -0.15) is 13.2 Å². The summed E-state index contributed by atoms with van der Waals surface area (Å²) in [6.45, 7) is 5.81. The van der Waals surface area contributed by atoms with Gasteiger partial charge in [0.15, 0.2) is 0 Å². The van der Waals surface area contributed by atoms with E-state index in [1.807, 2.05) is 19.2 Å². The zero-order valence-corrected chi connectivity index (χ0v) is 15.2. The second kappa shape index (κ2) is 8.29. The molecule has 7 heteroatoms. The average molecular weight is 372 g/mol. The van der Waals surface area contributed by atoms with Gasteiger partial charge < -0.3 is 10.5 Å². The molecule has 0 amide bonds. The Morgan fingerprint density at radius 2 is 1.76 bits per heavy atom. The predicted molar refractivity (Wildman–Crippen MR) is 94.7 cm³/mol. The average Bonchev–Trinajstić information content (AvgIpc) is 3.14. The Hall–Kier alpha value is -1.44. The first-order valence-corrected chi connectivity index (χ1v) is 9.24. The van der Waals surface area contributed by atoms with E-state index in [0.717, 1.165) is 30.0 Å². The molecule has 3 rings (SSSR count). The minimum Gasteiger partial charge on any atom is -0.381 e. The highest BCUT2D eigenvalue weighted by molar-refractivity contribution is 7.10. The Morgan fingerprint density at radius 1 is 1.16 bits per heavy atom. The van der Waals surface area contributed by atoms with Crippen molar-refractivity contribution in [3.8, 4) is 11.3 Å². The van der Waals surface area contributed by atoms with Crippen molar-refractivity contribution in [3.63, 3.8) is 0 Å². The lowest BCUT2D eigenvalue weighted by molar-refractivity contribution is -0.137. The lowest BCUT2D eigenvalue weighted by Crippen LogP contribution is -2.40. The molecule has 1 saturated heterocycles. The maximum Gasteiger partial charge on any atom is 0.416 e. The molecule has 0 radical (unpaired) electrons. The molecule has 0 saturated carbocycles. The highest BCUT2D eigenvalue weighted by Crippen LogP contribution is 2.38. The van der Waals surface area contributed by atoms with Crippen molar-refractivity contribution in [2.24, 2.45) is 5.73 Å². The summed E-state index contributed by atoms with van der Waals surface area (Å²) in [5, 5.41) is 2.82. The maximum atomic E-state index is 12.6. The molecule has 0 unspecified atom stereocenters. The van der Waals surface area contributed by atoms with Crippen LogP contribution in [0.15, 0.2) is 29.6 Å². The van der Waals surface area contributed by atoms with E-state index in [-0.39, 0.29) is 5.41 Å². The third-order valence-corrected chi connectivity index (χ3v) is 5.40. The lowest BCUT2D eigenvalue weighted by Gasteiger charge is -2.34. The molecule has 1 aliphatic heterocycles. The summed E-state index contributed by atoms with van der Waals surface area (Å²) in [6, 6.07) is 5.09. The molecule has 25 heavy (non-hydrogen) atoms. The number of aromatic nitrogens is 1. The fraction of sp³-hybridized carbons (Fsp3) is 0.500. The van der Waals surface area contributed by atoms with Gasteiger partial charge in [-0.15, -0.1) is 11.3 Å². The van der Waals surface area contributed by atoms with Gasteiger partial charge in [-0.05, 0) is 25.0 Å². The topological polar surface area (TPSA) is 48.1 Å². The summed E-state index contributed by atoms with van der Waals surface area (Å²) in [5.41, 5.74) is 6.52. The molecule has 3 nitrogen and oxygen atoms in total. The number of benzene rings is 1. The summed E-state index contributed by atoms with van der Waals surface area (Å²) in [5.74, 6) is 0. The van der Waals surface area contributed by atoms with Crippen LogP contribution in [0, 0.1) is 0 Å². The van der Waals surface area contributed by atoms with Crippen molar-refractivity contribution in [2.75, 3.05) is 19.8 Å². The Bertz CT molecular complexity index is 662. The number of rotatable bonds is 3. The first-order chi connectivity index (χ1) is 11.9. The van der Waals surface area contributed by atoms with Crippen LogP contribution >= 0.6 is 11.3 Å². The highest BCUT2D eigenvalue weighted by atomic mass is 32.1. The van der Waals surface area contributed by atoms with E-state index in [1.165, 1.54) is 23.5 Å². The standard InChI is InChI=1S/C16H17F3N2OS.C2H6/c17-16(18,19)12-3-1-11(2-4-12)13-9-23-14(21-13)15(10-20)5-7-22-8-6-15;1-2/h1-4,9H,5-8,10,20H2;1-2H3. The SMILES string of the molecule is CC.NCC1(c2nc(-c3ccc(C(F)(F)F)cc3)cs2)CCOCC1. The Labute approximate surface area is 150 Å². The molecule has 0 aliphatic carbocycles. The second-order valence-electron chi connectivity index (χ2n) is 5.71. The molecule has 1 aromatic heterocycles. The van der Waals surface area contributed by atoms with Crippen LogP contribution in [0.4, 0.5) is 13.2 Å². The van der Waals surface area contributed by atoms with Crippen molar-refractivity contribution in [1.82, 2.24) is 4.98 Å². The van der Waals surface area contributed by atoms with Gasteiger partial charge >= 0.3 is 6.18 Å². The van der Waals surface area contributed by atoms with E-state index >= 15 is 0 Å². The summed E-state index contributed by atoms with van der Waals surface area (Å²) in [6.07, 6.45) is -2.68. The van der Waals surface area contributed by atoms with E-state index < -0.39 is 11.7 Å². The molecule has 0 spiro atoms. The van der Waals surface area contributed by atoms with Crippen molar-refractivity contribution in [3.05, 3.63) is 40.2 Å². The molecule has 2 heterocycles. The molecular weight excluding hydrogens is 349 g/mol. The van der Waals surface area contributed by atoms with Crippen LogP contribution in [0.2, 0.25) is 0 Å². The van der Waals surface area contributed by atoms with Gasteiger partial charge in [0.2, 0.25) is 0 Å². The number of nitrogens with two attached hydrogens (primary N) is 1. The number of hydrogen-bond donors (Lipinski definition) is 1. The van der Waals surface area contributed by atoms with Crippen LogP contribution in [-0.2, 0) is 16.3 Å². The molecule has 1 aromatic carbocycles. The molecule has 0 atom stereocenters. The van der Waals surface area contributed by atoms with Crippen LogP contribution in [0.25, 0.3) is 11.3 Å². The third kappa shape index (κ3) is 4.40. The van der Waals surface area contributed by atoms with E-state index in [1.54, 1.807) is 0 Å². The third-order valence-electron chi connectivity index (χ3n) is 4.31. The van der Waals surface area contributed by atoms with Gasteiger partial charge in [0, 0.05) is 36.1 Å². The van der Waals surface area contributed by atoms with E-state index in [0.29, 0.717) is 31.0 Å². The highest BCUT2D eigenvalue weighted by Gasteiger charge is 2.36. The van der Waals surface area contributed by atoms with Crippen LogP contribution in [0.3, 0.4) is 0 Å². The van der Waals surface area contributed by atoms with Crippen LogP contribution < -0.4 is 5.73 Å². The van der Waals surface area contributed by atoms with Crippen molar-refractivity contribution < 1.29 is 17.9 Å². The van der Waals surface area contributed by atoms with Gasteiger partial charge in [0.25, 0.3) is 0 Å². The first kappa shape index (κ1) is 19.9. The molecule has 0 bridgehead atoms. The van der Waals surface area contributed by atoms with Crippen molar-refractivity contribution in [2.45, 2.75) is 38.3 Å². The molecule has 138 valence electrons. The van der Waals surface area contributed by atoms with E-state index in [4.69, 9.17) is 10.5 Å². The summed E-state index contributed by atoms with van der Waals surface area (Å²) in [7, 11) is 0. The van der Waals surface area contributed by atoms with E-state index in [2.05, 4.69) is 4.98 Å². The van der Waals surface area contributed by atoms with Gasteiger partial charge in [-0.3, -0.25) is 0 Å². The number of nitrogens with zero attached hydrogens (tertiary/aromatic N) is 1. The molecule has 2 N–H and O–H groups in total. The largest absolute Gasteiger partial charge is 0.416 e. The fourth-order valence-corrected chi connectivity index (χ4v) is 3.85. The van der Waals surface area contributed by atoms with Gasteiger partial charge in [-0.25, -0.2) is 4.98 Å². The van der Waals surface area contributed by atoms with Crippen molar-refractivity contribution in [1.29, 1.82) is 0 Å². The smallest absolute Gasteiger partial charge is 0.381 e. The second-order valence-corrected chi connectivity index (χ2v) is 6.57. The minimum atomic E-state index is -4.32. The zero-order chi connectivity index (χ0) is 18.5. The number of thiazole rings is 1. The van der Waals surface area contributed by atoms with Gasteiger partial charge in [0.1, 0.15) is 5.01 Å². The molecular formula is C18H23F3N2OS. The summed E-state index contributed by atoms with van der Waals surface area (Å²) in [4.78, 5) is 4.64. The quantitative estimate of drug-likeness (QED) is 0.837. The van der Waals surface area contributed by atoms with Crippen LogP contribution in [0.5, 0.6) is 0 Å². The Morgan fingerprint density at radius 3 is 2.28 bits per heavy atom. The Balaban J connectivity index is 0.00000109. The van der Waals surface area contributed by atoms with E-state index in [9.17, 15) is 13.2 Å². The fourth-order valence-electron chi connectivity index (χ4n) is 2.75. The molecule has 2 aromatic rings. The lowest BCUT2D eigenvalue weighted by atomic mass is 9.81. The van der Waals surface area contributed by atoms with Gasteiger partial charge in [0.05, 0.1) is 11.3 Å². The number of hydrogen-bond acceptors (Lipinski definition) is 4. The number of ether oxygens (including phenoxy) is 1. The number of halogens is 3. The van der Waals surface area contributed by atoms with Gasteiger partial charge in [-0.1, -0.05) is 26.0 Å². The Kier molecular flexibility index (Phi) is 6.59. The minimum absolute atomic E-state index is 0.174. The number of alkyl halides is 3. The molecule has 1 aliphatic rings. The van der Waals surface area contributed by atoms with Crippen molar-refractivity contribution >= 4 is 11.3 Å². The first-order valence-electron chi connectivity index (χ1n) is 8.36. The summed E-state index contributed by atoms with van der Waals surface area (Å²) >= 11 is 1.52. The molecule has 1 fully saturated rings. The van der Waals surface area contributed by atoms with Crippen LogP contribution in [0.1, 0.15) is 37.3 Å². The monoisotopic (exact) mass is 372 g/mol.